The third-order valence-corrected chi connectivity index (χ3v) is 4.60. The Balaban J connectivity index is 1.89. The predicted molar refractivity (Wildman–Crippen MR) is 88.4 cm³/mol. The molecule has 22 heavy (non-hydrogen) atoms. The summed E-state index contributed by atoms with van der Waals surface area (Å²) < 4.78 is 0. The van der Waals surface area contributed by atoms with Crippen molar-refractivity contribution in [1.82, 2.24) is 0 Å². The Morgan fingerprint density at radius 1 is 0.955 bits per heavy atom. The number of phenolic OH excluding ortho intramolecular Hbond substituents is 1. The lowest BCUT2D eigenvalue weighted by molar-refractivity contribution is 0.0990. The van der Waals surface area contributed by atoms with Gasteiger partial charge in [0.05, 0.1) is 0 Å². The molecule has 0 aromatic heterocycles. The van der Waals surface area contributed by atoms with Gasteiger partial charge < -0.3 is 5.11 Å². The Hall–Kier alpha value is -2.09. The van der Waals surface area contributed by atoms with E-state index in [1.54, 1.807) is 12.1 Å². The summed E-state index contributed by atoms with van der Waals surface area (Å²) in [6.07, 6.45) is 6.17. The number of hydrogen-bond donors (Lipinski definition) is 1. The maximum Gasteiger partial charge on any atom is 0.167 e. The van der Waals surface area contributed by atoms with Crippen molar-refractivity contribution >= 4 is 5.78 Å². The van der Waals surface area contributed by atoms with E-state index >= 15 is 0 Å². The molecule has 2 aromatic rings. The zero-order chi connectivity index (χ0) is 15.4. The average molecular weight is 294 g/mol. The smallest absolute Gasteiger partial charge is 0.167 e. The minimum absolute atomic E-state index is 0.0997. The highest BCUT2D eigenvalue weighted by atomic mass is 16.3. The molecular weight excluding hydrogens is 272 g/mol. The lowest BCUT2D eigenvalue weighted by Gasteiger charge is -2.24. The van der Waals surface area contributed by atoms with Crippen molar-refractivity contribution in [2.45, 2.75) is 44.4 Å². The van der Waals surface area contributed by atoms with Crippen LogP contribution >= 0.6 is 0 Å². The van der Waals surface area contributed by atoms with Crippen LogP contribution in [0.2, 0.25) is 0 Å². The van der Waals surface area contributed by atoms with Crippen LogP contribution in [0.4, 0.5) is 0 Å². The second kappa shape index (κ2) is 6.78. The van der Waals surface area contributed by atoms with Gasteiger partial charge in [-0.2, -0.15) is 0 Å². The maximum absolute atomic E-state index is 12.7. The number of carbonyl (C=O) groups excluding carboxylic acids is 1. The van der Waals surface area contributed by atoms with Gasteiger partial charge in [0.25, 0.3) is 0 Å². The predicted octanol–water partition coefficient (Wildman–Crippen LogP) is 4.87. The van der Waals surface area contributed by atoms with E-state index in [9.17, 15) is 9.90 Å². The first kappa shape index (κ1) is 14.8. The molecule has 0 unspecified atom stereocenters. The normalized spacial score (nSPS) is 15.6. The number of carbonyl (C=O) groups is 1. The molecule has 0 aliphatic heterocycles. The molecule has 3 rings (SSSR count). The molecule has 114 valence electrons. The molecule has 1 aliphatic rings. The van der Waals surface area contributed by atoms with Gasteiger partial charge >= 0.3 is 0 Å². The molecule has 2 heteroatoms. The third kappa shape index (κ3) is 3.22. The fraction of sp³-hybridized carbons (Fsp3) is 0.350. The highest BCUT2D eigenvalue weighted by Crippen LogP contribution is 2.39. The van der Waals surface area contributed by atoms with E-state index < -0.39 is 0 Å². The van der Waals surface area contributed by atoms with E-state index in [1.165, 1.54) is 19.3 Å². The highest BCUT2D eigenvalue weighted by molar-refractivity contribution is 5.99. The first-order valence-electron chi connectivity index (χ1n) is 8.14. The fourth-order valence-corrected chi connectivity index (χ4v) is 3.49. The summed E-state index contributed by atoms with van der Waals surface area (Å²) in [6, 6.07) is 15.2. The van der Waals surface area contributed by atoms with Gasteiger partial charge in [0.1, 0.15) is 5.75 Å². The summed E-state index contributed by atoms with van der Waals surface area (Å²) in [7, 11) is 0. The van der Waals surface area contributed by atoms with E-state index in [4.69, 9.17) is 0 Å². The van der Waals surface area contributed by atoms with Gasteiger partial charge in [0.15, 0.2) is 5.78 Å². The average Bonchev–Trinajstić information content (AvgIpc) is 2.56. The first-order valence-corrected chi connectivity index (χ1v) is 8.14. The van der Waals surface area contributed by atoms with Crippen molar-refractivity contribution in [3.05, 3.63) is 65.2 Å². The van der Waals surface area contributed by atoms with Crippen LogP contribution in [0.15, 0.2) is 48.5 Å². The minimum Gasteiger partial charge on any atom is -0.508 e. The Labute approximate surface area is 131 Å². The molecule has 1 N–H and O–H groups in total. The summed E-state index contributed by atoms with van der Waals surface area (Å²) in [5.74, 6) is 0.707. The van der Waals surface area contributed by atoms with Crippen LogP contribution in [-0.4, -0.2) is 10.9 Å². The molecular formula is C20H22O2. The van der Waals surface area contributed by atoms with E-state index in [0.29, 0.717) is 17.9 Å². The van der Waals surface area contributed by atoms with Crippen LogP contribution in [-0.2, 0) is 6.42 Å². The van der Waals surface area contributed by atoms with Gasteiger partial charge in [-0.25, -0.2) is 0 Å². The second-order valence-corrected chi connectivity index (χ2v) is 6.16. The van der Waals surface area contributed by atoms with Crippen molar-refractivity contribution in [2.24, 2.45) is 0 Å². The molecule has 0 spiro atoms. The molecule has 1 fully saturated rings. The summed E-state index contributed by atoms with van der Waals surface area (Å²) in [4.78, 5) is 12.7. The molecule has 0 atom stereocenters. The standard InChI is InChI=1S/C20H22O2/c21-18-13-7-12-17(20(18)16-10-5-2-6-11-16)19(22)14-15-8-3-1-4-9-15/h1,3-4,7-9,12-13,16,21H,2,5-6,10-11,14H2. The zero-order valence-electron chi connectivity index (χ0n) is 12.8. The largest absolute Gasteiger partial charge is 0.508 e. The van der Waals surface area contributed by atoms with Gasteiger partial charge in [-0.05, 0) is 30.4 Å². The fourth-order valence-electron chi connectivity index (χ4n) is 3.49. The topological polar surface area (TPSA) is 37.3 Å². The number of benzene rings is 2. The monoisotopic (exact) mass is 294 g/mol. The summed E-state index contributed by atoms with van der Waals surface area (Å²) in [5, 5.41) is 10.3. The van der Waals surface area contributed by atoms with Gasteiger partial charge in [-0.1, -0.05) is 61.7 Å². The molecule has 0 saturated heterocycles. The van der Waals surface area contributed by atoms with Crippen LogP contribution in [0.3, 0.4) is 0 Å². The minimum atomic E-state index is 0.0997. The summed E-state index contributed by atoms with van der Waals surface area (Å²) in [6.45, 7) is 0. The van der Waals surface area contributed by atoms with Gasteiger partial charge in [-0.3, -0.25) is 4.79 Å². The Morgan fingerprint density at radius 2 is 1.68 bits per heavy atom. The number of ketones is 1. The van der Waals surface area contributed by atoms with Gasteiger partial charge in [0, 0.05) is 17.5 Å². The summed E-state index contributed by atoms with van der Waals surface area (Å²) >= 11 is 0. The molecule has 0 amide bonds. The second-order valence-electron chi connectivity index (χ2n) is 6.16. The van der Waals surface area contributed by atoms with Gasteiger partial charge in [-0.15, -0.1) is 0 Å². The molecule has 1 saturated carbocycles. The number of rotatable bonds is 4. The van der Waals surface area contributed by atoms with Crippen LogP contribution in [0.1, 0.15) is 59.5 Å². The Kier molecular flexibility index (Phi) is 4.57. The SMILES string of the molecule is O=C(Cc1ccccc1)c1cccc(O)c1C1CCCCC1. The number of aromatic hydroxyl groups is 1. The molecule has 2 aromatic carbocycles. The van der Waals surface area contributed by atoms with Crippen LogP contribution < -0.4 is 0 Å². The number of hydrogen-bond acceptors (Lipinski definition) is 2. The number of Topliss-reactive ketones (excluding diaryl/α,β-unsaturated/α-hetero) is 1. The van der Waals surface area contributed by atoms with Crippen LogP contribution in [0.5, 0.6) is 5.75 Å². The van der Waals surface area contributed by atoms with E-state index in [-0.39, 0.29) is 11.5 Å². The third-order valence-electron chi connectivity index (χ3n) is 4.60. The molecule has 0 heterocycles. The first-order chi connectivity index (χ1) is 10.8. The van der Waals surface area contributed by atoms with E-state index in [2.05, 4.69) is 0 Å². The van der Waals surface area contributed by atoms with Crippen molar-refractivity contribution in [2.75, 3.05) is 0 Å². The zero-order valence-corrected chi connectivity index (χ0v) is 12.8. The van der Waals surface area contributed by atoms with E-state index in [1.807, 2.05) is 36.4 Å². The lowest BCUT2D eigenvalue weighted by atomic mass is 9.80. The Morgan fingerprint density at radius 3 is 2.41 bits per heavy atom. The van der Waals surface area contributed by atoms with Crippen molar-refractivity contribution in [3.63, 3.8) is 0 Å². The van der Waals surface area contributed by atoms with Crippen molar-refractivity contribution in [3.8, 4) is 5.75 Å². The quantitative estimate of drug-likeness (QED) is 0.817. The molecule has 1 aliphatic carbocycles. The van der Waals surface area contributed by atoms with E-state index in [0.717, 1.165) is 24.0 Å². The van der Waals surface area contributed by atoms with Crippen molar-refractivity contribution < 1.29 is 9.90 Å². The molecule has 2 nitrogen and oxygen atoms in total. The van der Waals surface area contributed by atoms with Gasteiger partial charge in [0.2, 0.25) is 0 Å². The highest BCUT2D eigenvalue weighted by Gasteiger charge is 2.24. The lowest BCUT2D eigenvalue weighted by Crippen LogP contribution is -2.12. The molecule has 0 bridgehead atoms. The Bertz CT molecular complexity index is 640. The van der Waals surface area contributed by atoms with Crippen LogP contribution in [0.25, 0.3) is 0 Å². The summed E-state index contributed by atoms with van der Waals surface area (Å²) in [5.41, 5.74) is 2.60. The van der Waals surface area contributed by atoms with Crippen LogP contribution in [0, 0.1) is 0 Å². The van der Waals surface area contributed by atoms with Crippen molar-refractivity contribution in [1.29, 1.82) is 0 Å². The maximum atomic E-state index is 12.7. The molecule has 0 radical (unpaired) electrons. The number of phenols is 1.